The van der Waals surface area contributed by atoms with Crippen LogP contribution in [0.25, 0.3) is 0 Å². The number of rotatable bonds is 3. The molecule has 0 bridgehead atoms. The molecule has 1 saturated carbocycles. The highest BCUT2D eigenvalue weighted by molar-refractivity contribution is 9.10. The standard InChI is InChI=1S/C15H16BrN5/c16-10-1-3-12(4-2-10)21-14(8-19-15(21)17)13-7-18-9-20(13)11-5-6-11/h1-4,7,9,11,14H,5-6,8H2,(H2,17,19). The van der Waals surface area contributed by atoms with Gasteiger partial charge in [0.05, 0.1) is 30.8 Å². The Morgan fingerprint density at radius 2 is 1.95 bits per heavy atom. The minimum Gasteiger partial charge on any atom is -0.369 e. The van der Waals surface area contributed by atoms with Gasteiger partial charge in [0, 0.05) is 16.2 Å². The van der Waals surface area contributed by atoms with Crippen molar-refractivity contribution in [2.45, 2.75) is 24.9 Å². The molecule has 2 aromatic rings. The first-order chi connectivity index (χ1) is 10.2. The van der Waals surface area contributed by atoms with Crippen LogP contribution in [-0.2, 0) is 0 Å². The van der Waals surface area contributed by atoms with E-state index < -0.39 is 0 Å². The molecular formula is C15H16BrN5. The number of nitrogens with zero attached hydrogens (tertiary/aromatic N) is 4. The second kappa shape index (κ2) is 4.87. The van der Waals surface area contributed by atoms with Crippen LogP contribution in [0.5, 0.6) is 0 Å². The van der Waals surface area contributed by atoms with Gasteiger partial charge in [-0.15, -0.1) is 0 Å². The van der Waals surface area contributed by atoms with Gasteiger partial charge in [-0.25, -0.2) is 4.98 Å². The SMILES string of the molecule is NC1=NCC(c2cncn2C2CC2)N1c1ccc(Br)cc1. The van der Waals surface area contributed by atoms with Crippen LogP contribution in [0.15, 0.2) is 46.3 Å². The van der Waals surface area contributed by atoms with Crippen LogP contribution in [0.1, 0.15) is 30.6 Å². The van der Waals surface area contributed by atoms with E-state index in [9.17, 15) is 0 Å². The van der Waals surface area contributed by atoms with Crippen LogP contribution in [0.2, 0.25) is 0 Å². The smallest absolute Gasteiger partial charge is 0.196 e. The zero-order valence-electron chi connectivity index (χ0n) is 11.5. The number of hydrogen-bond donors (Lipinski definition) is 1. The highest BCUT2D eigenvalue weighted by atomic mass is 79.9. The molecule has 0 radical (unpaired) electrons. The van der Waals surface area contributed by atoms with Crippen LogP contribution in [0.4, 0.5) is 5.69 Å². The van der Waals surface area contributed by atoms with Gasteiger partial charge in [0.25, 0.3) is 0 Å². The lowest BCUT2D eigenvalue weighted by atomic mass is 10.1. The van der Waals surface area contributed by atoms with Gasteiger partial charge in [-0.1, -0.05) is 15.9 Å². The monoisotopic (exact) mass is 345 g/mol. The normalized spacial score (nSPS) is 21.7. The Balaban J connectivity index is 1.71. The molecule has 0 saturated heterocycles. The van der Waals surface area contributed by atoms with Crippen molar-refractivity contribution in [3.63, 3.8) is 0 Å². The molecule has 2 heterocycles. The molecule has 4 rings (SSSR count). The molecule has 0 amide bonds. The molecule has 0 spiro atoms. The Morgan fingerprint density at radius 3 is 2.67 bits per heavy atom. The van der Waals surface area contributed by atoms with E-state index in [1.165, 1.54) is 18.5 Å². The Hall–Kier alpha value is -1.82. The summed E-state index contributed by atoms with van der Waals surface area (Å²) in [5.41, 5.74) is 8.38. The number of benzene rings is 1. The highest BCUT2D eigenvalue weighted by Gasteiger charge is 2.34. The maximum Gasteiger partial charge on any atom is 0.196 e. The van der Waals surface area contributed by atoms with Gasteiger partial charge in [-0.2, -0.15) is 0 Å². The predicted octanol–water partition coefficient (Wildman–Crippen LogP) is 2.86. The van der Waals surface area contributed by atoms with Gasteiger partial charge in [0.2, 0.25) is 0 Å². The van der Waals surface area contributed by atoms with Gasteiger partial charge < -0.3 is 15.2 Å². The van der Waals surface area contributed by atoms with Gasteiger partial charge in [-0.3, -0.25) is 4.99 Å². The van der Waals surface area contributed by atoms with E-state index >= 15 is 0 Å². The maximum absolute atomic E-state index is 6.12. The minimum absolute atomic E-state index is 0.134. The molecule has 2 N–H and O–H groups in total. The van der Waals surface area contributed by atoms with Crippen molar-refractivity contribution in [2.24, 2.45) is 10.7 Å². The number of aliphatic imine (C=N–C) groups is 1. The molecule has 1 aliphatic heterocycles. The molecule has 1 atom stereocenters. The molecule has 5 nitrogen and oxygen atoms in total. The number of halogens is 1. The van der Waals surface area contributed by atoms with Gasteiger partial charge in [0.15, 0.2) is 5.96 Å². The van der Waals surface area contributed by atoms with Gasteiger partial charge in [-0.05, 0) is 37.1 Å². The number of nitrogens with two attached hydrogens (primary N) is 1. The largest absolute Gasteiger partial charge is 0.369 e. The quantitative estimate of drug-likeness (QED) is 0.930. The van der Waals surface area contributed by atoms with Crippen molar-refractivity contribution < 1.29 is 0 Å². The topological polar surface area (TPSA) is 59.4 Å². The number of hydrogen-bond acceptors (Lipinski definition) is 4. The highest BCUT2D eigenvalue weighted by Crippen LogP contribution is 2.39. The number of aromatic nitrogens is 2. The Kier molecular flexibility index (Phi) is 2.99. The van der Waals surface area contributed by atoms with Crippen LogP contribution in [0.3, 0.4) is 0 Å². The lowest BCUT2D eigenvalue weighted by Crippen LogP contribution is -2.36. The third-order valence-corrected chi connectivity index (χ3v) is 4.60. The lowest BCUT2D eigenvalue weighted by Gasteiger charge is -2.27. The average Bonchev–Trinajstić information content (AvgIpc) is 3.09. The van der Waals surface area contributed by atoms with E-state index in [1.54, 1.807) is 0 Å². The molecule has 1 fully saturated rings. The van der Waals surface area contributed by atoms with E-state index in [0.717, 1.165) is 10.2 Å². The van der Waals surface area contributed by atoms with E-state index in [-0.39, 0.29) is 6.04 Å². The predicted molar refractivity (Wildman–Crippen MR) is 86.3 cm³/mol. The average molecular weight is 346 g/mol. The van der Waals surface area contributed by atoms with Crippen molar-refractivity contribution >= 4 is 27.6 Å². The van der Waals surface area contributed by atoms with E-state index in [4.69, 9.17) is 5.73 Å². The second-order valence-electron chi connectivity index (χ2n) is 5.52. The van der Waals surface area contributed by atoms with E-state index in [2.05, 4.69) is 47.5 Å². The number of guanidine groups is 1. The first-order valence-corrected chi connectivity index (χ1v) is 7.90. The Bertz CT molecular complexity index is 686. The molecule has 6 heteroatoms. The minimum atomic E-state index is 0.134. The van der Waals surface area contributed by atoms with Crippen molar-refractivity contribution in [2.75, 3.05) is 11.4 Å². The summed E-state index contributed by atoms with van der Waals surface area (Å²) in [5.74, 6) is 0.575. The van der Waals surface area contributed by atoms with E-state index in [0.29, 0.717) is 18.5 Å². The summed E-state index contributed by atoms with van der Waals surface area (Å²) in [7, 11) is 0. The van der Waals surface area contributed by atoms with Crippen LogP contribution >= 0.6 is 15.9 Å². The zero-order chi connectivity index (χ0) is 14.4. The summed E-state index contributed by atoms with van der Waals surface area (Å²) in [5, 5.41) is 0. The fraction of sp³-hybridized carbons (Fsp3) is 0.333. The summed E-state index contributed by atoms with van der Waals surface area (Å²) < 4.78 is 3.34. The molecule has 1 aromatic carbocycles. The van der Waals surface area contributed by atoms with Gasteiger partial charge in [0.1, 0.15) is 0 Å². The third kappa shape index (κ3) is 2.23. The number of anilines is 1. The summed E-state index contributed by atoms with van der Waals surface area (Å²) in [4.78, 5) is 10.9. The lowest BCUT2D eigenvalue weighted by molar-refractivity contribution is 0.632. The third-order valence-electron chi connectivity index (χ3n) is 4.07. The summed E-state index contributed by atoms with van der Waals surface area (Å²) in [6.45, 7) is 0.681. The van der Waals surface area contributed by atoms with Gasteiger partial charge >= 0.3 is 0 Å². The van der Waals surface area contributed by atoms with Crippen molar-refractivity contribution in [3.05, 3.63) is 47.0 Å². The molecule has 108 valence electrons. The number of imidazole rings is 1. The Morgan fingerprint density at radius 1 is 1.19 bits per heavy atom. The molecular weight excluding hydrogens is 330 g/mol. The molecule has 1 aliphatic carbocycles. The van der Waals surface area contributed by atoms with E-state index in [1.807, 2.05) is 24.7 Å². The summed E-state index contributed by atoms with van der Waals surface area (Å²) >= 11 is 3.47. The summed E-state index contributed by atoms with van der Waals surface area (Å²) in [6.07, 6.45) is 6.36. The van der Waals surface area contributed by atoms with Crippen LogP contribution < -0.4 is 10.6 Å². The molecule has 2 aliphatic rings. The fourth-order valence-corrected chi connectivity index (χ4v) is 3.13. The van der Waals surface area contributed by atoms with Crippen LogP contribution in [-0.4, -0.2) is 22.1 Å². The first kappa shape index (κ1) is 12.9. The molecule has 21 heavy (non-hydrogen) atoms. The van der Waals surface area contributed by atoms with Crippen molar-refractivity contribution in [3.8, 4) is 0 Å². The zero-order valence-corrected chi connectivity index (χ0v) is 13.1. The molecule has 1 aromatic heterocycles. The van der Waals surface area contributed by atoms with Crippen LogP contribution in [0, 0.1) is 0 Å². The first-order valence-electron chi connectivity index (χ1n) is 7.10. The maximum atomic E-state index is 6.12. The van der Waals surface area contributed by atoms with Crippen molar-refractivity contribution in [1.29, 1.82) is 0 Å². The second-order valence-corrected chi connectivity index (χ2v) is 6.43. The molecule has 1 unspecified atom stereocenters. The Labute approximate surface area is 131 Å². The van der Waals surface area contributed by atoms with Crippen molar-refractivity contribution in [1.82, 2.24) is 9.55 Å². The fourth-order valence-electron chi connectivity index (χ4n) is 2.87. The summed E-state index contributed by atoms with van der Waals surface area (Å²) in [6, 6.07) is 8.91.